The Morgan fingerprint density at radius 1 is 1.12 bits per heavy atom. The number of nitrogens with zero attached hydrogens (tertiary/aromatic N) is 1. The Morgan fingerprint density at radius 3 is 2.62 bits per heavy atom. The van der Waals surface area contributed by atoms with Gasteiger partial charge in [0, 0.05) is 22.5 Å². The van der Waals surface area contributed by atoms with E-state index in [1.54, 1.807) is 23.5 Å². The van der Waals surface area contributed by atoms with Gasteiger partial charge in [-0.15, -0.1) is 11.3 Å². The predicted octanol–water partition coefficient (Wildman–Crippen LogP) is 3.60. The lowest BCUT2D eigenvalue weighted by Crippen LogP contribution is -2.19. The average molecular weight is 362 g/mol. The summed E-state index contributed by atoms with van der Waals surface area (Å²) in [7, 11) is 0. The van der Waals surface area contributed by atoms with E-state index in [0.717, 1.165) is 34.9 Å². The molecule has 26 heavy (non-hydrogen) atoms. The molecular formula is C20H18N4OS. The summed E-state index contributed by atoms with van der Waals surface area (Å²) >= 11 is 1.65. The molecule has 6 heteroatoms. The molecule has 0 saturated carbocycles. The number of rotatable bonds is 4. The smallest absolute Gasteiger partial charge is 0.255 e. The number of nitrogens with one attached hydrogen (secondary N) is 2. The minimum absolute atomic E-state index is 0.187. The van der Waals surface area contributed by atoms with Crippen molar-refractivity contribution in [2.75, 3.05) is 24.1 Å². The lowest BCUT2D eigenvalue weighted by Gasteiger charge is -2.10. The van der Waals surface area contributed by atoms with Gasteiger partial charge >= 0.3 is 0 Å². The molecule has 0 fully saturated rings. The number of aliphatic imine (C=N–C) groups is 1. The van der Waals surface area contributed by atoms with Crippen molar-refractivity contribution >= 4 is 34.5 Å². The number of amidine groups is 1. The summed E-state index contributed by atoms with van der Waals surface area (Å²) < 4.78 is 0. The molecule has 2 heterocycles. The van der Waals surface area contributed by atoms with Crippen molar-refractivity contribution in [2.45, 2.75) is 0 Å². The number of nitrogen functional groups attached to an aromatic ring is 1. The van der Waals surface area contributed by atoms with Crippen LogP contribution in [0.2, 0.25) is 0 Å². The molecular weight excluding hydrogens is 344 g/mol. The van der Waals surface area contributed by atoms with E-state index in [1.165, 1.54) is 0 Å². The molecule has 3 aromatic rings. The number of thiophene rings is 1. The summed E-state index contributed by atoms with van der Waals surface area (Å²) in [6, 6.07) is 17.1. The third kappa shape index (κ3) is 3.32. The second-order valence-electron chi connectivity index (χ2n) is 5.97. The number of nitrogens with two attached hydrogens (primary N) is 1. The summed E-state index contributed by atoms with van der Waals surface area (Å²) in [6.07, 6.45) is 0. The molecule has 0 aliphatic carbocycles. The standard InChI is InChI=1S/C20H18N4OS/c21-16-8-7-15(18-2-1-11-26-18)12-17(16)24-20(25)14-5-3-13(4-6-14)19-22-9-10-23-19/h1-8,11-12H,9-10,21H2,(H,22,23)(H,24,25). The molecule has 0 radical (unpaired) electrons. The zero-order chi connectivity index (χ0) is 17.9. The van der Waals surface area contributed by atoms with Gasteiger partial charge in [0.1, 0.15) is 5.84 Å². The first-order chi connectivity index (χ1) is 12.7. The first-order valence-corrected chi connectivity index (χ1v) is 9.22. The van der Waals surface area contributed by atoms with Gasteiger partial charge in [-0.1, -0.05) is 24.3 Å². The Bertz CT molecular complexity index is 962. The second kappa shape index (κ2) is 7.01. The zero-order valence-electron chi connectivity index (χ0n) is 14.0. The molecule has 1 aliphatic heterocycles. The van der Waals surface area contributed by atoms with Gasteiger partial charge in [-0.3, -0.25) is 9.79 Å². The quantitative estimate of drug-likeness (QED) is 0.621. The Morgan fingerprint density at radius 2 is 1.92 bits per heavy atom. The molecule has 1 amide bonds. The summed E-state index contributed by atoms with van der Waals surface area (Å²) in [5.74, 6) is 0.692. The minimum Gasteiger partial charge on any atom is -0.397 e. The third-order valence-corrected chi connectivity index (χ3v) is 5.12. The van der Waals surface area contributed by atoms with Crippen LogP contribution in [-0.4, -0.2) is 24.8 Å². The van der Waals surface area contributed by atoms with Crippen LogP contribution in [0, 0.1) is 0 Å². The van der Waals surface area contributed by atoms with Crippen LogP contribution in [0.25, 0.3) is 10.4 Å². The van der Waals surface area contributed by atoms with Crippen molar-refractivity contribution in [3.8, 4) is 10.4 Å². The SMILES string of the molecule is Nc1ccc(-c2cccs2)cc1NC(=O)c1ccc(C2=NCCN2)cc1. The van der Waals surface area contributed by atoms with Crippen molar-refractivity contribution in [1.29, 1.82) is 0 Å². The van der Waals surface area contributed by atoms with Crippen LogP contribution in [0.3, 0.4) is 0 Å². The first-order valence-electron chi connectivity index (χ1n) is 8.34. The number of carbonyl (C=O) groups excluding carboxylic acids is 1. The first kappa shape index (κ1) is 16.4. The Balaban J connectivity index is 1.53. The second-order valence-corrected chi connectivity index (χ2v) is 6.92. The maximum Gasteiger partial charge on any atom is 0.255 e. The van der Waals surface area contributed by atoms with Gasteiger partial charge in [-0.25, -0.2) is 0 Å². The van der Waals surface area contributed by atoms with Gasteiger partial charge in [0.25, 0.3) is 5.91 Å². The van der Waals surface area contributed by atoms with Gasteiger partial charge in [-0.2, -0.15) is 0 Å². The van der Waals surface area contributed by atoms with Crippen LogP contribution < -0.4 is 16.4 Å². The number of hydrogen-bond donors (Lipinski definition) is 3. The maximum atomic E-state index is 12.6. The van der Waals surface area contributed by atoms with Crippen molar-refractivity contribution < 1.29 is 4.79 Å². The highest BCUT2D eigenvalue weighted by Crippen LogP contribution is 2.30. The van der Waals surface area contributed by atoms with Crippen molar-refractivity contribution in [2.24, 2.45) is 4.99 Å². The summed E-state index contributed by atoms with van der Waals surface area (Å²) in [5.41, 5.74) is 9.79. The monoisotopic (exact) mass is 362 g/mol. The van der Waals surface area contributed by atoms with Gasteiger partial charge in [0.15, 0.2) is 0 Å². The number of hydrogen-bond acceptors (Lipinski definition) is 5. The van der Waals surface area contributed by atoms with Crippen molar-refractivity contribution in [3.63, 3.8) is 0 Å². The lowest BCUT2D eigenvalue weighted by atomic mass is 10.1. The molecule has 0 atom stereocenters. The van der Waals surface area contributed by atoms with Crippen molar-refractivity contribution in [1.82, 2.24) is 5.32 Å². The Kier molecular flexibility index (Phi) is 4.41. The van der Waals surface area contributed by atoms with E-state index in [0.29, 0.717) is 16.9 Å². The molecule has 0 spiro atoms. The molecule has 4 N–H and O–H groups in total. The molecule has 0 bridgehead atoms. The Hall–Kier alpha value is -3.12. The van der Waals surface area contributed by atoms with E-state index >= 15 is 0 Å². The molecule has 0 unspecified atom stereocenters. The van der Waals surface area contributed by atoms with E-state index in [9.17, 15) is 4.79 Å². The zero-order valence-corrected chi connectivity index (χ0v) is 14.8. The highest BCUT2D eigenvalue weighted by molar-refractivity contribution is 7.13. The van der Waals surface area contributed by atoms with E-state index in [-0.39, 0.29) is 5.91 Å². The van der Waals surface area contributed by atoms with Gasteiger partial charge in [0.2, 0.25) is 0 Å². The summed E-state index contributed by atoms with van der Waals surface area (Å²) in [5, 5.41) is 8.16. The summed E-state index contributed by atoms with van der Waals surface area (Å²) in [4.78, 5) is 18.1. The number of amides is 1. The molecule has 1 aliphatic rings. The third-order valence-electron chi connectivity index (χ3n) is 4.20. The highest BCUT2D eigenvalue weighted by Gasteiger charge is 2.12. The van der Waals surface area contributed by atoms with E-state index in [2.05, 4.69) is 15.6 Å². The molecule has 130 valence electrons. The van der Waals surface area contributed by atoms with Crippen LogP contribution in [-0.2, 0) is 0 Å². The normalized spacial score (nSPS) is 13.2. The largest absolute Gasteiger partial charge is 0.397 e. The van der Waals surface area contributed by atoms with Crippen LogP contribution >= 0.6 is 11.3 Å². The minimum atomic E-state index is -0.187. The van der Waals surface area contributed by atoms with Gasteiger partial charge in [0.05, 0.1) is 17.9 Å². The van der Waals surface area contributed by atoms with Crippen LogP contribution in [0.5, 0.6) is 0 Å². The summed E-state index contributed by atoms with van der Waals surface area (Å²) in [6.45, 7) is 1.65. The molecule has 4 rings (SSSR count). The van der Waals surface area contributed by atoms with Crippen molar-refractivity contribution in [3.05, 3.63) is 71.1 Å². The number of benzene rings is 2. The van der Waals surface area contributed by atoms with E-state index < -0.39 is 0 Å². The maximum absolute atomic E-state index is 12.6. The fourth-order valence-corrected chi connectivity index (χ4v) is 3.55. The predicted molar refractivity (Wildman–Crippen MR) is 108 cm³/mol. The van der Waals surface area contributed by atoms with E-state index in [1.807, 2.05) is 47.8 Å². The average Bonchev–Trinajstić information content (AvgIpc) is 3.38. The lowest BCUT2D eigenvalue weighted by molar-refractivity contribution is 0.102. The fraction of sp³-hybridized carbons (Fsp3) is 0.100. The van der Waals surface area contributed by atoms with E-state index in [4.69, 9.17) is 5.73 Å². The Labute approximate surface area is 155 Å². The fourth-order valence-electron chi connectivity index (χ4n) is 2.83. The molecule has 0 saturated heterocycles. The van der Waals surface area contributed by atoms with Crippen LogP contribution in [0.1, 0.15) is 15.9 Å². The molecule has 5 nitrogen and oxygen atoms in total. The molecule has 1 aromatic heterocycles. The van der Waals surface area contributed by atoms with Gasteiger partial charge in [-0.05, 0) is 41.3 Å². The van der Waals surface area contributed by atoms with Crippen LogP contribution in [0.15, 0.2) is 65.0 Å². The topological polar surface area (TPSA) is 79.5 Å². The van der Waals surface area contributed by atoms with Gasteiger partial charge < -0.3 is 16.4 Å². The highest BCUT2D eigenvalue weighted by atomic mass is 32.1. The number of anilines is 2. The number of carbonyl (C=O) groups is 1. The van der Waals surface area contributed by atoms with Crippen LogP contribution in [0.4, 0.5) is 11.4 Å². The molecule has 2 aromatic carbocycles.